The summed E-state index contributed by atoms with van der Waals surface area (Å²) in [6.07, 6.45) is 1.54. The van der Waals surface area contributed by atoms with E-state index >= 15 is 0 Å². The van der Waals surface area contributed by atoms with Gasteiger partial charge in [0.25, 0.3) is 5.69 Å². The summed E-state index contributed by atoms with van der Waals surface area (Å²) in [5.74, 6) is 0.844. The molecule has 0 aliphatic heterocycles. The van der Waals surface area contributed by atoms with Crippen LogP contribution in [0.3, 0.4) is 0 Å². The van der Waals surface area contributed by atoms with Crippen LogP contribution in [0.25, 0.3) is 0 Å². The zero-order valence-corrected chi connectivity index (χ0v) is 16.5. The second-order valence-corrected chi connectivity index (χ2v) is 6.90. The third kappa shape index (κ3) is 4.29. The van der Waals surface area contributed by atoms with Crippen LogP contribution in [0, 0.1) is 41.0 Å². The molecule has 0 spiro atoms. The second kappa shape index (κ2) is 8.18. The summed E-state index contributed by atoms with van der Waals surface area (Å²) in [6, 6.07) is 5.96. The van der Waals surface area contributed by atoms with Crippen LogP contribution < -0.4 is 0 Å². The summed E-state index contributed by atoms with van der Waals surface area (Å²) < 4.78 is 3.05. The second-order valence-electron chi connectivity index (χ2n) is 5.98. The molecule has 0 fully saturated rings. The van der Waals surface area contributed by atoms with Crippen molar-refractivity contribution in [2.45, 2.75) is 31.8 Å². The predicted molar refractivity (Wildman–Crippen MR) is 105 cm³/mol. The molecule has 0 saturated carbocycles. The lowest BCUT2D eigenvalue weighted by molar-refractivity contribution is -0.386. The molecule has 0 bridgehead atoms. The van der Waals surface area contributed by atoms with E-state index in [1.54, 1.807) is 32.9 Å². The number of hydrogen-bond donors (Lipinski definition) is 0. The van der Waals surface area contributed by atoms with Gasteiger partial charge < -0.3 is 0 Å². The Morgan fingerprint density at radius 1 is 1.10 bits per heavy atom. The van der Waals surface area contributed by atoms with E-state index in [-0.39, 0.29) is 11.4 Å². The molecular formula is C16H16N8O4S. The number of rotatable bonds is 7. The molecule has 12 nitrogen and oxygen atoms in total. The van der Waals surface area contributed by atoms with E-state index in [4.69, 9.17) is 0 Å². The van der Waals surface area contributed by atoms with Gasteiger partial charge in [0, 0.05) is 12.1 Å². The molecule has 2 aromatic heterocycles. The van der Waals surface area contributed by atoms with Crippen LogP contribution in [-0.2, 0) is 5.88 Å². The Balaban J connectivity index is 1.77. The van der Waals surface area contributed by atoms with Crippen molar-refractivity contribution in [1.29, 1.82) is 0 Å². The molecule has 29 heavy (non-hydrogen) atoms. The molecule has 3 aromatic rings. The third-order valence-electron chi connectivity index (χ3n) is 4.04. The molecule has 0 atom stereocenters. The Morgan fingerprint density at radius 2 is 1.79 bits per heavy atom. The van der Waals surface area contributed by atoms with Crippen molar-refractivity contribution < 1.29 is 9.85 Å². The highest BCUT2D eigenvalue weighted by Crippen LogP contribution is 2.25. The number of aryl methyl sites for hydroxylation is 2. The highest BCUT2D eigenvalue weighted by atomic mass is 32.2. The maximum atomic E-state index is 11.1. The van der Waals surface area contributed by atoms with Crippen LogP contribution in [0.1, 0.15) is 22.8 Å². The summed E-state index contributed by atoms with van der Waals surface area (Å²) in [4.78, 5) is 20.9. The Bertz CT molecular complexity index is 1100. The maximum absolute atomic E-state index is 11.1. The summed E-state index contributed by atoms with van der Waals surface area (Å²) in [5, 5.41) is 38.9. The van der Waals surface area contributed by atoms with Crippen LogP contribution in [0.4, 0.5) is 11.4 Å². The summed E-state index contributed by atoms with van der Waals surface area (Å²) in [5.41, 5.74) is 1.48. The van der Waals surface area contributed by atoms with Crippen molar-refractivity contribution in [3.05, 3.63) is 67.3 Å². The first-order valence-corrected chi connectivity index (χ1v) is 9.28. The molecule has 0 N–H and O–H groups in total. The first kappa shape index (κ1) is 20.1. The fraction of sp³-hybridized carbons (Fsp3) is 0.250. The third-order valence-corrected chi connectivity index (χ3v) is 4.92. The van der Waals surface area contributed by atoms with Gasteiger partial charge in [-0.1, -0.05) is 11.8 Å². The van der Waals surface area contributed by atoms with Crippen molar-refractivity contribution >= 4 is 29.4 Å². The van der Waals surface area contributed by atoms with E-state index in [9.17, 15) is 20.2 Å². The topological polar surface area (TPSA) is 147 Å². The largest absolute Gasteiger partial charge is 0.312 e. The Hall–Kier alpha value is -3.61. The summed E-state index contributed by atoms with van der Waals surface area (Å²) in [6.45, 7) is 4.97. The standard InChI is InChI=1S/C16H16N8O4S/c1-10-15(24(27)28)11(2)21(20-10)9-29-16-19-18-12(3)22(16)17-8-13-4-6-14(7-5-13)23(25)26/h4-8H,9H2,1-3H3/b17-8+. The maximum Gasteiger partial charge on any atom is 0.312 e. The van der Waals surface area contributed by atoms with Gasteiger partial charge >= 0.3 is 5.69 Å². The molecule has 0 unspecified atom stereocenters. The molecule has 3 rings (SSSR count). The van der Waals surface area contributed by atoms with Crippen LogP contribution >= 0.6 is 11.8 Å². The lowest BCUT2D eigenvalue weighted by Gasteiger charge is -2.04. The van der Waals surface area contributed by atoms with Crippen molar-refractivity contribution in [3.8, 4) is 0 Å². The van der Waals surface area contributed by atoms with Gasteiger partial charge in [-0.15, -0.1) is 10.2 Å². The minimum absolute atomic E-state index is 0.000519. The van der Waals surface area contributed by atoms with Crippen LogP contribution in [0.5, 0.6) is 0 Å². The van der Waals surface area contributed by atoms with Crippen LogP contribution in [0.2, 0.25) is 0 Å². The van der Waals surface area contributed by atoms with Crippen molar-refractivity contribution in [2.24, 2.45) is 5.10 Å². The predicted octanol–water partition coefficient (Wildman–Crippen LogP) is 2.85. The first-order valence-electron chi connectivity index (χ1n) is 8.30. The van der Waals surface area contributed by atoms with E-state index in [1.807, 2.05) is 0 Å². The van der Waals surface area contributed by atoms with Gasteiger partial charge in [0.1, 0.15) is 11.4 Å². The minimum Gasteiger partial charge on any atom is -0.258 e. The van der Waals surface area contributed by atoms with E-state index in [1.165, 1.54) is 39.5 Å². The van der Waals surface area contributed by atoms with E-state index in [2.05, 4.69) is 20.4 Å². The molecule has 0 aliphatic rings. The molecule has 150 valence electrons. The van der Waals surface area contributed by atoms with Gasteiger partial charge in [0.05, 0.1) is 21.9 Å². The lowest BCUT2D eigenvalue weighted by atomic mass is 10.2. The average Bonchev–Trinajstić information content (AvgIpc) is 3.17. The molecule has 1 aromatic carbocycles. The molecule has 13 heteroatoms. The SMILES string of the molecule is Cc1nn(CSc2nnc(C)n2/N=C/c2ccc([N+](=O)[O-])cc2)c(C)c1[N+](=O)[O-]. The van der Waals surface area contributed by atoms with E-state index in [0.29, 0.717) is 33.8 Å². The Morgan fingerprint density at radius 3 is 2.38 bits per heavy atom. The number of nitro groups is 2. The van der Waals surface area contributed by atoms with Gasteiger partial charge in [-0.3, -0.25) is 24.9 Å². The number of nitro benzene ring substituents is 1. The summed E-state index contributed by atoms with van der Waals surface area (Å²) in [7, 11) is 0. The molecule has 2 heterocycles. The minimum atomic E-state index is -0.469. The number of hydrogen-bond acceptors (Lipinski definition) is 9. The zero-order valence-electron chi connectivity index (χ0n) is 15.7. The van der Waals surface area contributed by atoms with Gasteiger partial charge in [0.2, 0.25) is 5.16 Å². The Labute approximate surface area is 168 Å². The van der Waals surface area contributed by atoms with Gasteiger partial charge in [-0.2, -0.15) is 14.9 Å². The quantitative estimate of drug-likeness (QED) is 0.247. The normalized spacial score (nSPS) is 11.3. The number of nitrogens with zero attached hydrogens (tertiary/aromatic N) is 8. The van der Waals surface area contributed by atoms with Crippen molar-refractivity contribution in [3.63, 3.8) is 0 Å². The molecule has 0 amide bonds. The fourth-order valence-electron chi connectivity index (χ4n) is 2.56. The highest BCUT2D eigenvalue weighted by Gasteiger charge is 2.22. The van der Waals surface area contributed by atoms with Crippen molar-refractivity contribution in [1.82, 2.24) is 24.7 Å². The summed E-state index contributed by atoms with van der Waals surface area (Å²) >= 11 is 1.27. The number of benzene rings is 1. The van der Waals surface area contributed by atoms with E-state index < -0.39 is 9.85 Å². The van der Waals surface area contributed by atoms with Gasteiger partial charge in [0.15, 0.2) is 5.82 Å². The number of aromatic nitrogens is 5. The van der Waals surface area contributed by atoms with Crippen LogP contribution in [0.15, 0.2) is 34.5 Å². The number of non-ortho nitro benzene ring substituents is 1. The average molecular weight is 416 g/mol. The first-order chi connectivity index (χ1) is 13.8. The van der Waals surface area contributed by atoms with Crippen LogP contribution in [-0.4, -0.2) is 40.7 Å². The molecule has 0 aliphatic carbocycles. The van der Waals surface area contributed by atoms with Gasteiger partial charge in [-0.05, 0) is 38.5 Å². The molecule has 0 saturated heterocycles. The molecule has 0 radical (unpaired) electrons. The molecular weight excluding hydrogens is 400 g/mol. The monoisotopic (exact) mass is 416 g/mol. The van der Waals surface area contributed by atoms with Crippen molar-refractivity contribution in [2.75, 3.05) is 0 Å². The fourth-order valence-corrected chi connectivity index (χ4v) is 3.45. The smallest absolute Gasteiger partial charge is 0.258 e. The number of thioether (sulfide) groups is 1. The highest BCUT2D eigenvalue weighted by molar-refractivity contribution is 7.98. The zero-order chi connectivity index (χ0) is 21.1. The lowest BCUT2D eigenvalue weighted by Crippen LogP contribution is -2.02. The van der Waals surface area contributed by atoms with E-state index in [0.717, 1.165) is 0 Å². The Kier molecular flexibility index (Phi) is 5.68. The van der Waals surface area contributed by atoms with Gasteiger partial charge in [-0.25, -0.2) is 0 Å².